The Balaban J connectivity index is 1.74. The molecule has 120 valence electrons. The topological polar surface area (TPSA) is 75.9 Å². The predicted octanol–water partition coefficient (Wildman–Crippen LogP) is 0.257. The summed E-state index contributed by atoms with van der Waals surface area (Å²) >= 11 is 0. The number of amides is 2. The third-order valence-corrected chi connectivity index (χ3v) is 3.80. The summed E-state index contributed by atoms with van der Waals surface area (Å²) in [7, 11) is 0. The highest BCUT2D eigenvalue weighted by atomic mass is 16.5. The van der Waals surface area contributed by atoms with Crippen molar-refractivity contribution in [1.29, 1.82) is 0 Å². The number of hydrogen-bond acceptors (Lipinski definition) is 4. The lowest BCUT2D eigenvalue weighted by molar-refractivity contribution is -0.135. The van der Waals surface area contributed by atoms with E-state index in [0.717, 1.165) is 6.42 Å². The van der Waals surface area contributed by atoms with E-state index in [0.29, 0.717) is 31.9 Å². The van der Waals surface area contributed by atoms with Gasteiger partial charge in [0.1, 0.15) is 5.75 Å². The van der Waals surface area contributed by atoms with Crippen molar-refractivity contribution in [2.45, 2.75) is 13.3 Å². The molecule has 0 unspecified atom stereocenters. The first kappa shape index (κ1) is 16.3. The Labute approximate surface area is 130 Å². The Morgan fingerprint density at radius 2 is 1.77 bits per heavy atom. The Morgan fingerprint density at radius 1 is 1.14 bits per heavy atom. The molecule has 1 saturated heterocycles. The summed E-state index contributed by atoms with van der Waals surface area (Å²) in [5, 5.41) is 0. The van der Waals surface area contributed by atoms with Gasteiger partial charge in [-0.1, -0.05) is 19.1 Å². The van der Waals surface area contributed by atoms with Crippen molar-refractivity contribution in [3.8, 4) is 5.75 Å². The molecular weight excluding hydrogens is 282 g/mol. The van der Waals surface area contributed by atoms with Crippen LogP contribution in [0.4, 0.5) is 0 Å². The molecule has 0 bridgehead atoms. The van der Waals surface area contributed by atoms with Crippen LogP contribution in [0.25, 0.3) is 0 Å². The first-order valence-corrected chi connectivity index (χ1v) is 7.58. The van der Waals surface area contributed by atoms with Crippen LogP contribution in [0.5, 0.6) is 5.75 Å². The normalized spacial score (nSPS) is 15.6. The third kappa shape index (κ3) is 4.73. The van der Waals surface area contributed by atoms with Crippen molar-refractivity contribution in [2.24, 2.45) is 5.73 Å². The van der Waals surface area contributed by atoms with Crippen molar-refractivity contribution in [2.75, 3.05) is 39.3 Å². The molecule has 0 saturated carbocycles. The van der Waals surface area contributed by atoms with Crippen molar-refractivity contribution >= 4 is 11.8 Å². The van der Waals surface area contributed by atoms with Crippen LogP contribution >= 0.6 is 0 Å². The van der Waals surface area contributed by atoms with Crippen LogP contribution in [0.2, 0.25) is 0 Å². The highest BCUT2D eigenvalue weighted by Crippen LogP contribution is 2.13. The molecule has 0 radical (unpaired) electrons. The summed E-state index contributed by atoms with van der Waals surface area (Å²) in [6, 6.07) is 7.78. The van der Waals surface area contributed by atoms with Gasteiger partial charge >= 0.3 is 0 Å². The minimum atomic E-state index is -0.335. The first-order valence-electron chi connectivity index (χ1n) is 7.58. The van der Waals surface area contributed by atoms with E-state index in [1.807, 2.05) is 29.2 Å². The third-order valence-electron chi connectivity index (χ3n) is 3.80. The van der Waals surface area contributed by atoms with Crippen LogP contribution < -0.4 is 10.5 Å². The molecule has 2 amide bonds. The van der Waals surface area contributed by atoms with Crippen LogP contribution in [0.1, 0.15) is 12.5 Å². The van der Waals surface area contributed by atoms with E-state index < -0.39 is 0 Å². The van der Waals surface area contributed by atoms with Gasteiger partial charge in [0.05, 0.1) is 6.54 Å². The van der Waals surface area contributed by atoms with Gasteiger partial charge in [0.25, 0.3) is 5.91 Å². The maximum Gasteiger partial charge on any atom is 0.260 e. The van der Waals surface area contributed by atoms with Gasteiger partial charge in [0.2, 0.25) is 5.91 Å². The zero-order valence-electron chi connectivity index (χ0n) is 13.0. The molecule has 0 aliphatic carbocycles. The number of benzene rings is 1. The largest absolute Gasteiger partial charge is 0.484 e. The van der Waals surface area contributed by atoms with Crippen LogP contribution in [-0.4, -0.2) is 60.9 Å². The van der Waals surface area contributed by atoms with E-state index >= 15 is 0 Å². The van der Waals surface area contributed by atoms with E-state index in [9.17, 15) is 9.59 Å². The second kappa shape index (κ2) is 7.79. The SMILES string of the molecule is CCc1ccc(OCC(=O)N2CCN(CC(N)=O)CC2)cc1. The fourth-order valence-electron chi connectivity index (χ4n) is 2.43. The Morgan fingerprint density at radius 3 is 2.32 bits per heavy atom. The fraction of sp³-hybridized carbons (Fsp3) is 0.500. The Hall–Kier alpha value is -2.08. The number of nitrogens with zero attached hydrogens (tertiary/aromatic N) is 2. The molecule has 1 aromatic rings. The van der Waals surface area contributed by atoms with E-state index in [-0.39, 0.29) is 25.0 Å². The van der Waals surface area contributed by atoms with Gasteiger partial charge in [-0.3, -0.25) is 14.5 Å². The average molecular weight is 305 g/mol. The summed E-state index contributed by atoms with van der Waals surface area (Å²) in [6.07, 6.45) is 0.981. The zero-order chi connectivity index (χ0) is 15.9. The molecule has 0 aromatic heterocycles. The lowest BCUT2D eigenvalue weighted by Crippen LogP contribution is -2.51. The molecule has 1 fully saturated rings. The number of nitrogens with two attached hydrogens (primary N) is 1. The summed E-state index contributed by atoms with van der Waals surface area (Å²) < 4.78 is 5.53. The molecule has 2 N–H and O–H groups in total. The summed E-state index contributed by atoms with van der Waals surface area (Å²) in [6.45, 7) is 4.93. The monoisotopic (exact) mass is 305 g/mol. The maximum absolute atomic E-state index is 12.1. The molecule has 6 nitrogen and oxygen atoms in total. The van der Waals surface area contributed by atoms with Crippen molar-refractivity contribution in [3.05, 3.63) is 29.8 Å². The minimum absolute atomic E-state index is 0.0294. The highest BCUT2D eigenvalue weighted by molar-refractivity contribution is 5.78. The van der Waals surface area contributed by atoms with E-state index in [1.54, 1.807) is 4.90 Å². The molecule has 1 aliphatic heterocycles. The number of carbonyl (C=O) groups excluding carboxylic acids is 2. The van der Waals surface area contributed by atoms with Gasteiger partial charge < -0.3 is 15.4 Å². The molecule has 1 aromatic carbocycles. The number of hydrogen-bond donors (Lipinski definition) is 1. The molecule has 22 heavy (non-hydrogen) atoms. The molecule has 2 rings (SSSR count). The van der Waals surface area contributed by atoms with Gasteiger partial charge in [-0.2, -0.15) is 0 Å². The average Bonchev–Trinajstić information content (AvgIpc) is 2.53. The smallest absolute Gasteiger partial charge is 0.260 e. The van der Waals surface area contributed by atoms with E-state index in [2.05, 4.69) is 6.92 Å². The van der Waals surface area contributed by atoms with Gasteiger partial charge in [-0.05, 0) is 24.1 Å². The quantitative estimate of drug-likeness (QED) is 0.818. The number of rotatable bonds is 6. The number of carbonyl (C=O) groups is 2. The minimum Gasteiger partial charge on any atom is -0.484 e. The maximum atomic E-state index is 12.1. The van der Waals surface area contributed by atoms with E-state index in [4.69, 9.17) is 10.5 Å². The van der Waals surface area contributed by atoms with Gasteiger partial charge in [-0.25, -0.2) is 0 Å². The number of piperazine rings is 1. The first-order chi connectivity index (χ1) is 10.6. The van der Waals surface area contributed by atoms with Crippen LogP contribution in [-0.2, 0) is 16.0 Å². The zero-order valence-corrected chi connectivity index (χ0v) is 13.0. The summed E-state index contributed by atoms with van der Waals surface area (Å²) in [5.41, 5.74) is 6.41. The Kier molecular flexibility index (Phi) is 5.77. The van der Waals surface area contributed by atoms with Gasteiger partial charge in [0, 0.05) is 26.2 Å². The molecule has 6 heteroatoms. The standard InChI is InChI=1S/C16H23N3O3/c1-2-13-3-5-14(6-4-13)22-12-16(21)19-9-7-18(8-10-19)11-15(17)20/h3-6H,2,7-12H2,1H3,(H2,17,20). The molecular formula is C16H23N3O3. The molecule has 1 aliphatic rings. The number of aryl methyl sites for hydroxylation is 1. The summed E-state index contributed by atoms with van der Waals surface area (Å²) in [4.78, 5) is 26.7. The second-order valence-electron chi connectivity index (χ2n) is 5.41. The molecule has 1 heterocycles. The highest BCUT2D eigenvalue weighted by Gasteiger charge is 2.21. The fourth-order valence-corrected chi connectivity index (χ4v) is 2.43. The van der Waals surface area contributed by atoms with E-state index in [1.165, 1.54) is 5.56 Å². The van der Waals surface area contributed by atoms with Crippen LogP contribution in [0.3, 0.4) is 0 Å². The lowest BCUT2D eigenvalue weighted by atomic mass is 10.2. The van der Waals surface area contributed by atoms with Crippen molar-refractivity contribution in [1.82, 2.24) is 9.80 Å². The van der Waals surface area contributed by atoms with Crippen molar-refractivity contribution < 1.29 is 14.3 Å². The number of ether oxygens (including phenoxy) is 1. The Bertz CT molecular complexity index is 508. The molecule has 0 atom stereocenters. The van der Waals surface area contributed by atoms with Crippen LogP contribution in [0.15, 0.2) is 24.3 Å². The molecule has 0 spiro atoms. The van der Waals surface area contributed by atoms with Gasteiger partial charge in [-0.15, -0.1) is 0 Å². The van der Waals surface area contributed by atoms with Gasteiger partial charge in [0.15, 0.2) is 6.61 Å². The van der Waals surface area contributed by atoms with Crippen LogP contribution in [0, 0.1) is 0 Å². The van der Waals surface area contributed by atoms with Crippen molar-refractivity contribution in [3.63, 3.8) is 0 Å². The summed E-state index contributed by atoms with van der Waals surface area (Å²) in [5.74, 6) is 0.342. The number of primary amides is 1. The second-order valence-corrected chi connectivity index (χ2v) is 5.41. The predicted molar refractivity (Wildman–Crippen MR) is 83.5 cm³/mol. The lowest BCUT2D eigenvalue weighted by Gasteiger charge is -2.33.